The summed E-state index contributed by atoms with van der Waals surface area (Å²) >= 11 is 0. The predicted molar refractivity (Wildman–Crippen MR) is 86.0 cm³/mol. The van der Waals surface area contributed by atoms with E-state index in [4.69, 9.17) is 5.73 Å². The van der Waals surface area contributed by atoms with Gasteiger partial charge < -0.3 is 10.7 Å². The Hall–Kier alpha value is -2.06. The third kappa shape index (κ3) is 2.23. The normalized spacial score (nSPS) is 11.2. The van der Waals surface area contributed by atoms with Crippen LogP contribution in [-0.2, 0) is 6.42 Å². The van der Waals surface area contributed by atoms with Crippen LogP contribution < -0.4 is 5.73 Å². The van der Waals surface area contributed by atoms with Crippen LogP contribution in [0.15, 0.2) is 42.6 Å². The zero-order valence-electron chi connectivity index (χ0n) is 12.0. The third-order valence-corrected chi connectivity index (χ3v) is 3.89. The molecule has 0 unspecified atom stereocenters. The molecule has 20 heavy (non-hydrogen) atoms. The molecule has 0 saturated carbocycles. The molecule has 0 spiro atoms. The number of benzene rings is 2. The number of rotatable bonds is 3. The lowest BCUT2D eigenvalue weighted by molar-refractivity contribution is 0.976. The summed E-state index contributed by atoms with van der Waals surface area (Å²) in [6.07, 6.45) is 2.99. The van der Waals surface area contributed by atoms with Crippen LogP contribution in [-0.4, -0.2) is 11.5 Å². The van der Waals surface area contributed by atoms with Crippen LogP contribution in [0.1, 0.15) is 16.7 Å². The maximum Gasteiger partial charge on any atom is 0.0463 e. The lowest BCUT2D eigenvalue weighted by Crippen LogP contribution is -2.01. The summed E-state index contributed by atoms with van der Waals surface area (Å²) in [4.78, 5) is 3.36. The highest BCUT2D eigenvalue weighted by Gasteiger charge is 2.07. The number of nitrogens with one attached hydrogen (secondary N) is 1. The van der Waals surface area contributed by atoms with Crippen molar-refractivity contribution in [3.8, 4) is 11.1 Å². The molecule has 0 aliphatic carbocycles. The molecule has 1 aromatic heterocycles. The monoisotopic (exact) mass is 264 g/mol. The molecule has 1 heterocycles. The molecule has 0 atom stereocenters. The van der Waals surface area contributed by atoms with Crippen LogP contribution in [0.2, 0.25) is 0 Å². The molecule has 0 amide bonds. The molecular formula is C18H20N2. The minimum Gasteiger partial charge on any atom is -0.361 e. The van der Waals surface area contributed by atoms with E-state index in [1.165, 1.54) is 38.7 Å². The first kappa shape index (κ1) is 12.9. The van der Waals surface area contributed by atoms with E-state index in [-0.39, 0.29) is 0 Å². The van der Waals surface area contributed by atoms with Crippen LogP contribution >= 0.6 is 0 Å². The van der Waals surface area contributed by atoms with Crippen molar-refractivity contribution >= 4 is 10.9 Å². The van der Waals surface area contributed by atoms with Gasteiger partial charge >= 0.3 is 0 Å². The summed E-state index contributed by atoms with van der Waals surface area (Å²) in [6.45, 7) is 4.98. The Balaban J connectivity index is 2.11. The van der Waals surface area contributed by atoms with Crippen molar-refractivity contribution < 1.29 is 0 Å². The van der Waals surface area contributed by atoms with Crippen molar-refractivity contribution in [1.82, 2.24) is 4.98 Å². The highest BCUT2D eigenvalue weighted by atomic mass is 14.7. The fraction of sp³-hybridized carbons (Fsp3) is 0.222. The molecule has 0 saturated heterocycles. The summed E-state index contributed by atoms with van der Waals surface area (Å²) in [5.41, 5.74) is 13.3. The van der Waals surface area contributed by atoms with Crippen LogP contribution in [0.25, 0.3) is 22.0 Å². The minimum atomic E-state index is 0.686. The highest BCUT2D eigenvalue weighted by molar-refractivity contribution is 5.88. The fourth-order valence-electron chi connectivity index (χ4n) is 2.76. The Bertz CT molecular complexity index is 753. The van der Waals surface area contributed by atoms with Gasteiger partial charge in [-0.15, -0.1) is 0 Å². The van der Waals surface area contributed by atoms with E-state index in [9.17, 15) is 0 Å². The number of nitrogens with two attached hydrogens (primary N) is 1. The zero-order valence-corrected chi connectivity index (χ0v) is 12.0. The largest absolute Gasteiger partial charge is 0.361 e. The topological polar surface area (TPSA) is 41.8 Å². The Morgan fingerprint density at radius 2 is 1.90 bits per heavy atom. The number of hydrogen-bond acceptors (Lipinski definition) is 1. The Kier molecular flexibility index (Phi) is 3.33. The van der Waals surface area contributed by atoms with E-state index >= 15 is 0 Å². The Morgan fingerprint density at radius 1 is 1.05 bits per heavy atom. The quantitative estimate of drug-likeness (QED) is 0.739. The van der Waals surface area contributed by atoms with Gasteiger partial charge in [-0.2, -0.15) is 0 Å². The number of fused-ring (bicyclic) bond motifs is 1. The highest BCUT2D eigenvalue weighted by Crippen LogP contribution is 2.28. The van der Waals surface area contributed by atoms with Gasteiger partial charge in [0, 0.05) is 17.1 Å². The van der Waals surface area contributed by atoms with Gasteiger partial charge in [0.15, 0.2) is 0 Å². The first-order chi connectivity index (χ1) is 9.69. The van der Waals surface area contributed by atoms with E-state index in [0.717, 1.165) is 6.42 Å². The van der Waals surface area contributed by atoms with E-state index in [2.05, 4.69) is 61.4 Å². The molecule has 3 N–H and O–H groups in total. The molecule has 2 aromatic carbocycles. The second-order valence-electron chi connectivity index (χ2n) is 5.43. The summed E-state index contributed by atoms with van der Waals surface area (Å²) in [5.74, 6) is 0. The smallest absolute Gasteiger partial charge is 0.0463 e. The van der Waals surface area contributed by atoms with Gasteiger partial charge in [-0.05, 0) is 55.1 Å². The van der Waals surface area contributed by atoms with Crippen molar-refractivity contribution in [2.45, 2.75) is 20.3 Å². The van der Waals surface area contributed by atoms with Gasteiger partial charge in [-0.1, -0.05) is 35.9 Å². The first-order valence-corrected chi connectivity index (χ1v) is 7.07. The van der Waals surface area contributed by atoms with Crippen molar-refractivity contribution in [3.63, 3.8) is 0 Å². The summed E-state index contributed by atoms with van der Waals surface area (Å²) in [7, 11) is 0. The predicted octanol–water partition coefficient (Wildman–Crippen LogP) is 3.95. The van der Waals surface area contributed by atoms with Crippen molar-refractivity contribution in [2.75, 3.05) is 6.54 Å². The molecule has 3 aromatic rings. The van der Waals surface area contributed by atoms with Crippen LogP contribution in [0.4, 0.5) is 0 Å². The molecule has 3 rings (SSSR count). The molecule has 2 nitrogen and oxygen atoms in total. The van der Waals surface area contributed by atoms with Gasteiger partial charge in [0.1, 0.15) is 0 Å². The first-order valence-electron chi connectivity index (χ1n) is 7.07. The number of H-pyrrole nitrogens is 1. The van der Waals surface area contributed by atoms with Gasteiger partial charge in [-0.25, -0.2) is 0 Å². The second-order valence-corrected chi connectivity index (χ2v) is 5.43. The van der Waals surface area contributed by atoms with E-state index in [1.807, 2.05) is 0 Å². The van der Waals surface area contributed by atoms with Crippen LogP contribution in [0.5, 0.6) is 0 Å². The molecule has 0 aliphatic rings. The maximum absolute atomic E-state index is 5.65. The average Bonchev–Trinajstić information content (AvgIpc) is 2.84. The van der Waals surface area contributed by atoms with Crippen molar-refractivity contribution in [2.24, 2.45) is 5.73 Å². The summed E-state index contributed by atoms with van der Waals surface area (Å²) in [5, 5.41) is 1.28. The SMILES string of the molecule is Cc1ccc(C)c(-c2ccc3c(CCN)c[nH]c3c2)c1. The van der Waals surface area contributed by atoms with Crippen molar-refractivity contribution in [3.05, 3.63) is 59.3 Å². The van der Waals surface area contributed by atoms with Gasteiger partial charge in [0.05, 0.1) is 0 Å². The average molecular weight is 264 g/mol. The molecule has 0 fully saturated rings. The van der Waals surface area contributed by atoms with Gasteiger partial charge in [0.2, 0.25) is 0 Å². The van der Waals surface area contributed by atoms with Gasteiger partial charge in [-0.3, -0.25) is 0 Å². The van der Waals surface area contributed by atoms with Gasteiger partial charge in [0.25, 0.3) is 0 Å². The number of hydrogen-bond donors (Lipinski definition) is 2. The van der Waals surface area contributed by atoms with Crippen LogP contribution in [0, 0.1) is 13.8 Å². The lowest BCUT2D eigenvalue weighted by atomic mass is 9.97. The molecule has 102 valence electrons. The van der Waals surface area contributed by atoms with Crippen molar-refractivity contribution in [1.29, 1.82) is 0 Å². The molecule has 0 aliphatic heterocycles. The standard InChI is InChI=1S/C18H20N2/c1-12-3-4-13(2)17(9-12)14-5-6-16-15(7-8-19)11-20-18(16)10-14/h3-6,9-11,20H,7-8,19H2,1-2H3. The molecule has 0 radical (unpaired) electrons. The number of aromatic nitrogens is 1. The van der Waals surface area contributed by atoms with Crippen LogP contribution in [0.3, 0.4) is 0 Å². The zero-order chi connectivity index (χ0) is 14.1. The lowest BCUT2D eigenvalue weighted by Gasteiger charge is -2.08. The molecular weight excluding hydrogens is 244 g/mol. The molecule has 0 bridgehead atoms. The Morgan fingerprint density at radius 3 is 2.70 bits per heavy atom. The van der Waals surface area contributed by atoms with E-state index < -0.39 is 0 Å². The fourth-order valence-corrected chi connectivity index (χ4v) is 2.76. The van der Waals surface area contributed by atoms with E-state index in [1.54, 1.807) is 0 Å². The maximum atomic E-state index is 5.65. The molecule has 2 heteroatoms. The summed E-state index contributed by atoms with van der Waals surface area (Å²) in [6, 6.07) is 13.2. The van der Waals surface area contributed by atoms with E-state index in [0.29, 0.717) is 6.54 Å². The second kappa shape index (κ2) is 5.14. The Labute approximate surface area is 119 Å². The summed E-state index contributed by atoms with van der Waals surface area (Å²) < 4.78 is 0. The minimum absolute atomic E-state index is 0.686. The number of aromatic amines is 1. The number of aryl methyl sites for hydroxylation is 2. The third-order valence-electron chi connectivity index (χ3n) is 3.89.